The molecular weight excluding hydrogens is 262 g/mol. The number of carbonyl (C=O) groups excluding carboxylic acids is 1. The molecule has 116 valence electrons. The zero-order valence-electron chi connectivity index (χ0n) is 12.3. The third kappa shape index (κ3) is 5.34. The molecule has 7 heteroatoms. The maximum absolute atomic E-state index is 11.5. The van der Waals surface area contributed by atoms with E-state index in [0.29, 0.717) is 32.6 Å². The van der Waals surface area contributed by atoms with Gasteiger partial charge in [0.25, 0.3) is 0 Å². The molecule has 1 fully saturated rings. The van der Waals surface area contributed by atoms with Gasteiger partial charge in [-0.15, -0.1) is 0 Å². The Morgan fingerprint density at radius 3 is 2.45 bits per heavy atom. The normalized spacial score (nSPS) is 16.6. The predicted molar refractivity (Wildman–Crippen MR) is 74.7 cm³/mol. The molecule has 0 aromatic rings. The second-order valence-corrected chi connectivity index (χ2v) is 5.46. The minimum Gasteiger partial charge on any atom is -0.481 e. The number of likely N-dealkylation sites (N-methyl/N-ethyl adjacent to an activating group) is 1. The SMILES string of the molecule is CN(C)CCOCCNC(=O)NCC1(C(=O)O)CCC1. The Morgan fingerprint density at radius 2 is 1.95 bits per heavy atom. The molecular formula is C13H25N3O4. The largest absolute Gasteiger partial charge is 0.481 e. The summed E-state index contributed by atoms with van der Waals surface area (Å²) in [5.41, 5.74) is -0.750. The molecule has 0 bridgehead atoms. The third-order valence-electron chi connectivity index (χ3n) is 3.57. The molecule has 0 saturated heterocycles. The third-order valence-corrected chi connectivity index (χ3v) is 3.57. The zero-order valence-corrected chi connectivity index (χ0v) is 12.3. The maximum Gasteiger partial charge on any atom is 0.314 e. The Balaban J connectivity index is 2.05. The highest BCUT2D eigenvalue weighted by Gasteiger charge is 2.44. The maximum atomic E-state index is 11.5. The van der Waals surface area contributed by atoms with Gasteiger partial charge in [-0.25, -0.2) is 4.79 Å². The topological polar surface area (TPSA) is 90.9 Å². The lowest BCUT2D eigenvalue weighted by Gasteiger charge is -2.37. The van der Waals surface area contributed by atoms with E-state index < -0.39 is 11.4 Å². The van der Waals surface area contributed by atoms with Crippen molar-refractivity contribution in [2.45, 2.75) is 19.3 Å². The van der Waals surface area contributed by atoms with Crippen LogP contribution in [-0.2, 0) is 9.53 Å². The minimum absolute atomic E-state index is 0.190. The van der Waals surface area contributed by atoms with E-state index in [9.17, 15) is 9.59 Å². The first-order valence-corrected chi connectivity index (χ1v) is 6.94. The van der Waals surface area contributed by atoms with E-state index in [1.807, 2.05) is 19.0 Å². The van der Waals surface area contributed by atoms with E-state index >= 15 is 0 Å². The van der Waals surface area contributed by atoms with Gasteiger partial charge >= 0.3 is 12.0 Å². The average molecular weight is 287 g/mol. The summed E-state index contributed by atoms with van der Waals surface area (Å²) in [6.07, 6.45) is 2.18. The molecule has 0 atom stereocenters. The lowest BCUT2D eigenvalue weighted by molar-refractivity contribution is -0.153. The summed E-state index contributed by atoms with van der Waals surface area (Å²) in [6.45, 7) is 2.52. The minimum atomic E-state index is -0.823. The molecule has 0 spiro atoms. The standard InChI is InChI=1S/C13H25N3O4/c1-16(2)7-9-20-8-6-14-12(19)15-10-13(11(17)18)4-3-5-13/h3-10H2,1-2H3,(H,17,18)(H2,14,15,19). The fourth-order valence-electron chi connectivity index (χ4n) is 1.97. The molecule has 0 aliphatic heterocycles. The van der Waals surface area contributed by atoms with E-state index in [2.05, 4.69) is 10.6 Å². The molecule has 20 heavy (non-hydrogen) atoms. The first kappa shape index (κ1) is 16.7. The number of nitrogens with zero attached hydrogens (tertiary/aromatic N) is 1. The van der Waals surface area contributed by atoms with Crippen LogP contribution >= 0.6 is 0 Å². The van der Waals surface area contributed by atoms with Crippen LogP contribution in [0.2, 0.25) is 0 Å². The van der Waals surface area contributed by atoms with Crippen LogP contribution in [0.25, 0.3) is 0 Å². The summed E-state index contributed by atoms with van der Waals surface area (Å²) >= 11 is 0. The number of nitrogens with one attached hydrogen (secondary N) is 2. The number of urea groups is 1. The molecule has 0 aromatic carbocycles. The van der Waals surface area contributed by atoms with Gasteiger partial charge in [0.2, 0.25) is 0 Å². The molecule has 7 nitrogen and oxygen atoms in total. The van der Waals surface area contributed by atoms with Gasteiger partial charge in [0.05, 0.1) is 18.6 Å². The number of rotatable bonds is 9. The van der Waals surface area contributed by atoms with Crippen LogP contribution in [0.15, 0.2) is 0 Å². The summed E-state index contributed by atoms with van der Waals surface area (Å²) in [7, 11) is 3.93. The summed E-state index contributed by atoms with van der Waals surface area (Å²) in [4.78, 5) is 24.6. The van der Waals surface area contributed by atoms with Crippen molar-refractivity contribution < 1.29 is 19.4 Å². The number of carboxylic acids is 1. The van der Waals surface area contributed by atoms with Crippen LogP contribution in [0.3, 0.4) is 0 Å². The van der Waals surface area contributed by atoms with Gasteiger partial charge in [0, 0.05) is 19.6 Å². The van der Waals surface area contributed by atoms with Crippen LogP contribution in [0.1, 0.15) is 19.3 Å². The summed E-state index contributed by atoms with van der Waals surface area (Å²) in [5.74, 6) is -0.823. The van der Waals surface area contributed by atoms with Crippen molar-refractivity contribution in [2.75, 3.05) is 46.9 Å². The molecule has 0 aromatic heterocycles. The number of carbonyl (C=O) groups is 2. The second kappa shape index (κ2) is 8.06. The van der Waals surface area contributed by atoms with Crippen LogP contribution in [-0.4, -0.2) is 69.0 Å². The fraction of sp³-hybridized carbons (Fsp3) is 0.846. The number of hydrogen-bond donors (Lipinski definition) is 3. The Kier molecular flexibility index (Phi) is 6.74. The average Bonchev–Trinajstić information content (AvgIpc) is 2.31. The van der Waals surface area contributed by atoms with Gasteiger partial charge in [0.1, 0.15) is 0 Å². The van der Waals surface area contributed by atoms with Crippen molar-refractivity contribution in [3.63, 3.8) is 0 Å². The molecule has 1 saturated carbocycles. The number of hydrogen-bond acceptors (Lipinski definition) is 4. The summed E-state index contributed by atoms with van der Waals surface area (Å²) in [5, 5.41) is 14.4. The highest BCUT2D eigenvalue weighted by atomic mass is 16.5. The van der Waals surface area contributed by atoms with Gasteiger partial charge in [-0.1, -0.05) is 6.42 Å². The van der Waals surface area contributed by atoms with Crippen molar-refractivity contribution in [1.29, 1.82) is 0 Å². The molecule has 1 aliphatic carbocycles. The molecule has 1 rings (SSSR count). The van der Waals surface area contributed by atoms with Crippen LogP contribution in [0.5, 0.6) is 0 Å². The summed E-state index contributed by atoms with van der Waals surface area (Å²) < 4.78 is 5.33. The second-order valence-electron chi connectivity index (χ2n) is 5.46. The zero-order chi connectivity index (χ0) is 15.0. The van der Waals surface area contributed by atoms with Gasteiger partial charge in [-0.05, 0) is 26.9 Å². The molecule has 0 heterocycles. The van der Waals surface area contributed by atoms with Gasteiger partial charge in [-0.2, -0.15) is 0 Å². The smallest absolute Gasteiger partial charge is 0.314 e. The molecule has 3 N–H and O–H groups in total. The summed E-state index contributed by atoms with van der Waals surface area (Å²) in [6, 6.07) is -0.339. The van der Waals surface area contributed by atoms with Gasteiger partial charge in [-0.3, -0.25) is 4.79 Å². The number of aliphatic carboxylic acids is 1. The molecule has 1 aliphatic rings. The van der Waals surface area contributed by atoms with Crippen molar-refractivity contribution >= 4 is 12.0 Å². The highest BCUT2D eigenvalue weighted by molar-refractivity contribution is 5.78. The quantitative estimate of drug-likeness (QED) is 0.524. The number of amides is 2. The Hall–Kier alpha value is -1.34. The Morgan fingerprint density at radius 1 is 1.25 bits per heavy atom. The molecule has 2 amide bonds. The van der Waals surface area contributed by atoms with E-state index in [1.165, 1.54) is 0 Å². The Labute approximate surface area is 119 Å². The first-order chi connectivity index (χ1) is 9.46. The van der Waals surface area contributed by atoms with Crippen LogP contribution in [0, 0.1) is 5.41 Å². The van der Waals surface area contributed by atoms with Crippen molar-refractivity contribution in [3.05, 3.63) is 0 Å². The van der Waals surface area contributed by atoms with Gasteiger partial charge < -0.3 is 25.4 Å². The van der Waals surface area contributed by atoms with Gasteiger partial charge in [0.15, 0.2) is 0 Å². The van der Waals surface area contributed by atoms with Crippen molar-refractivity contribution in [3.8, 4) is 0 Å². The predicted octanol–water partition coefficient (Wildman–Crippen LogP) is 0.119. The Bertz CT molecular complexity index is 330. The van der Waals surface area contributed by atoms with Crippen molar-refractivity contribution in [1.82, 2.24) is 15.5 Å². The van der Waals surface area contributed by atoms with E-state index in [1.54, 1.807) is 0 Å². The highest BCUT2D eigenvalue weighted by Crippen LogP contribution is 2.40. The lowest BCUT2D eigenvalue weighted by atomic mass is 9.69. The van der Waals surface area contributed by atoms with Crippen molar-refractivity contribution in [2.24, 2.45) is 5.41 Å². The monoisotopic (exact) mass is 287 g/mol. The molecule has 0 radical (unpaired) electrons. The van der Waals surface area contributed by atoms with Crippen LogP contribution < -0.4 is 10.6 Å². The van der Waals surface area contributed by atoms with E-state index in [-0.39, 0.29) is 12.6 Å². The number of carboxylic acid groups (broad SMARTS) is 1. The molecule has 0 unspecified atom stereocenters. The van der Waals surface area contributed by atoms with Crippen LogP contribution in [0.4, 0.5) is 4.79 Å². The van der Waals surface area contributed by atoms with E-state index in [0.717, 1.165) is 13.0 Å². The van der Waals surface area contributed by atoms with E-state index in [4.69, 9.17) is 9.84 Å². The lowest BCUT2D eigenvalue weighted by Crippen LogP contribution is -2.50. The number of ether oxygens (including phenoxy) is 1. The first-order valence-electron chi connectivity index (χ1n) is 6.94. The fourth-order valence-corrected chi connectivity index (χ4v) is 1.97.